The van der Waals surface area contributed by atoms with Crippen molar-refractivity contribution in [1.29, 1.82) is 0 Å². The first-order chi connectivity index (χ1) is 10.9. The minimum atomic E-state index is -3.80. The molecule has 9 heteroatoms. The number of esters is 1. The van der Waals surface area contributed by atoms with Gasteiger partial charge in [0, 0.05) is 12.1 Å². The van der Waals surface area contributed by atoms with E-state index in [1.165, 1.54) is 32.4 Å². The Morgan fingerprint density at radius 1 is 1.29 bits per heavy atom. The number of carbonyl (C=O) groups is 1. The second kappa shape index (κ2) is 8.15. The molecule has 1 aliphatic rings. The number of methoxy groups -OCH3 is 2. The van der Waals surface area contributed by atoms with E-state index in [-0.39, 0.29) is 35.2 Å². The van der Waals surface area contributed by atoms with Crippen LogP contribution in [0.5, 0.6) is 5.75 Å². The van der Waals surface area contributed by atoms with Crippen molar-refractivity contribution in [1.82, 2.24) is 4.72 Å². The predicted octanol–water partition coefficient (Wildman–Crippen LogP) is 1.45. The Labute approximate surface area is 148 Å². The fraction of sp³-hybridized carbons (Fsp3) is 0.533. The molecule has 1 aromatic carbocycles. The molecule has 1 saturated carbocycles. The molecule has 0 heterocycles. The van der Waals surface area contributed by atoms with Crippen LogP contribution < -0.4 is 15.2 Å². The summed E-state index contributed by atoms with van der Waals surface area (Å²) < 4.78 is 37.8. The molecule has 7 nitrogen and oxygen atoms in total. The standard InChI is InChI=1S/C15H22N2O5S.ClH/c1-21-13-6-5-11(9-12(13)14(18)22-2)23(19,20)17-15(10-16)7-3-4-8-15;/h5-6,9,17H,3-4,7-8,10,16H2,1-2H3;1H. The number of sulfonamides is 1. The summed E-state index contributed by atoms with van der Waals surface area (Å²) in [5, 5.41) is 0. The summed E-state index contributed by atoms with van der Waals surface area (Å²) in [7, 11) is -1.17. The first-order valence-electron chi connectivity index (χ1n) is 7.38. The van der Waals surface area contributed by atoms with Crippen molar-refractivity contribution < 1.29 is 22.7 Å². The van der Waals surface area contributed by atoms with Crippen LogP contribution in [0.3, 0.4) is 0 Å². The molecule has 1 aromatic rings. The maximum atomic E-state index is 12.7. The average molecular weight is 379 g/mol. The van der Waals surface area contributed by atoms with Crippen LogP contribution in [0.1, 0.15) is 36.0 Å². The molecule has 3 N–H and O–H groups in total. The molecule has 0 atom stereocenters. The Bertz CT molecular complexity index is 687. The maximum absolute atomic E-state index is 12.7. The lowest BCUT2D eigenvalue weighted by atomic mass is 10.0. The summed E-state index contributed by atoms with van der Waals surface area (Å²) in [5.41, 5.74) is 5.23. The maximum Gasteiger partial charge on any atom is 0.341 e. The van der Waals surface area contributed by atoms with Crippen LogP contribution in [0.15, 0.2) is 23.1 Å². The lowest BCUT2D eigenvalue weighted by Crippen LogP contribution is -2.51. The van der Waals surface area contributed by atoms with E-state index < -0.39 is 21.5 Å². The molecule has 136 valence electrons. The van der Waals surface area contributed by atoms with Crippen LogP contribution >= 0.6 is 12.4 Å². The van der Waals surface area contributed by atoms with Crippen molar-refractivity contribution in [3.63, 3.8) is 0 Å². The summed E-state index contributed by atoms with van der Waals surface area (Å²) in [6, 6.07) is 4.09. The third-order valence-corrected chi connectivity index (χ3v) is 5.77. The normalized spacial score (nSPS) is 16.3. The number of carbonyl (C=O) groups excluding carboxylic acids is 1. The van der Waals surface area contributed by atoms with Gasteiger partial charge in [0.15, 0.2) is 0 Å². The lowest BCUT2D eigenvalue weighted by molar-refractivity contribution is 0.0597. The third-order valence-electron chi connectivity index (χ3n) is 4.19. The van der Waals surface area contributed by atoms with Gasteiger partial charge in [-0.1, -0.05) is 12.8 Å². The van der Waals surface area contributed by atoms with E-state index in [0.717, 1.165) is 12.8 Å². The Morgan fingerprint density at radius 3 is 2.42 bits per heavy atom. The van der Waals surface area contributed by atoms with E-state index in [1.54, 1.807) is 0 Å². The first kappa shape index (κ1) is 20.7. The summed E-state index contributed by atoms with van der Waals surface area (Å²) >= 11 is 0. The number of benzene rings is 1. The fourth-order valence-electron chi connectivity index (χ4n) is 2.87. The molecular weight excluding hydrogens is 356 g/mol. The van der Waals surface area contributed by atoms with Crippen LogP contribution in [-0.4, -0.2) is 40.7 Å². The Kier molecular flexibility index (Phi) is 7.03. The monoisotopic (exact) mass is 378 g/mol. The van der Waals surface area contributed by atoms with E-state index in [9.17, 15) is 13.2 Å². The average Bonchev–Trinajstić information content (AvgIpc) is 3.01. The number of hydrogen-bond donors (Lipinski definition) is 2. The number of ether oxygens (including phenoxy) is 2. The smallest absolute Gasteiger partial charge is 0.341 e. The molecule has 0 saturated heterocycles. The molecule has 1 aliphatic carbocycles. The molecule has 0 unspecified atom stereocenters. The van der Waals surface area contributed by atoms with Crippen LogP contribution in [0, 0.1) is 0 Å². The van der Waals surface area contributed by atoms with E-state index >= 15 is 0 Å². The van der Waals surface area contributed by atoms with Crippen LogP contribution in [-0.2, 0) is 14.8 Å². The lowest BCUT2D eigenvalue weighted by Gasteiger charge is -2.28. The van der Waals surface area contributed by atoms with Gasteiger partial charge in [-0.2, -0.15) is 0 Å². The molecular formula is C15H23ClN2O5S. The van der Waals surface area contributed by atoms with Crippen molar-refractivity contribution in [3.8, 4) is 5.75 Å². The van der Waals surface area contributed by atoms with Gasteiger partial charge in [-0.15, -0.1) is 12.4 Å². The fourth-order valence-corrected chi connectivity index (χ4v) is 4.36. The van der Waals surface area contributed by atoms with Crippen molar-refractivity contribution in [3.05, 3.63) is 23.8 Å². The van der Waals surface area contributed by atoms with Gasteiger partial charge in [-0.3, -0.25) is 0 Å². The van der Waals surface area contributed by atoms with Crippen molar-refractivity contribution >= 4 is 28.4 Å². The largest absolute Gasteiger partial charge is 0.496 e. The molecule has 0 spiro atoms. The van der Waals surface area contributed by atoms with E-state index in [2.05, 4.69) is 9.46 Å². The highest BCUT2D eigenvalue weighted by atomic mass is 35.5. The molecule has 0 bridgehead atoms. The third kappa shape index (κ3) is 4.18. The summed E-state index contributed by atoms with van der Waals surface area (Å²) in [6.07, 6.45) is 3.30. The quantitative estimate of drug-likeness (QED) is 0.725. The van der Waals surface area contributed by atoms with Crippen LogP contribution in [0.25, 0.3) is 0 Å². The minimum Gasteiger partial charge on any atom is -0.496 e. The number of halogens is 1. The number of nitrogens with one attached hydrogen (secondary N) is 1. The van der Waals surface area contributed by atoms with Gasteiger partial charge >= 0.3 is 5.97 Å². The van der Waals surface area contributed by atoms with Gasteiger partial charge in [0.2, 0.25) is 10.0 Å². The van der Waals surface area contributed by atoms with Gasteiger partial charge in [0.25, 0.3) is 0 Å². The van der Waals surface area contributed by atoms with Gasteiger partial charge in [0.05, 0.1) is 19.1 Å². The zero-order valence-electron chi connectivity index (χ0n) is 13.7. The SMILES string of the molecule is COC(=O)c1cc(S(=O)(=O)NC2(CN)CCCC2)ccc1OC.Cl. The second-order valence-corrected chi connectivity index (χ2v) is 7.33. The number of rotatable bonds is 6. The summed E-state index contributed by atoms with van der Waals surface area (Å²) in [4.78, 5) is 11.8. The number of nitrogens with two attached hydrogens (primary N) is 1. The highest BCUT2D eigenvalue weighted by Crippen LogP contribution is 2.31. The minimum absolute atomic E-state index is 0. The first-order valence-corrected chi connectivity index (χ1v) is 8.86. The van der Waals surface area contributed by atoms with Crippen molar-refractivity contribution in [2.24, 2.45) is 5.73 Å². The topological polar surface area (TPSA) is 108 Å². The van der Waals surface area contributed by atoms with Gasteiger partial charge in [-0.05, 0) is 31.0 Å². The van der Waals surface area contributed by atoms with Gasteiger partial charge in [-0.25, -0.2) is 17.9 Å². The molecule has 0 aromatic heterocycles. The molecule has 0 radical (unpaired) electrons. The molecule has 2 rings (SSSR count). The zero-order valence-corrected chi connectivity index (χ0v) is 15.3. The zero-order chi connectivity index (χ0) is 17.1. The molecule has 0 aliphatic heterocycles. The Morgan fingerprint density at radius 2 is 1.92 bits per heavy atom. The summed E-state index contributed by atoms with van der Waals surface area (Å²) in [6.45, 7) is 0.242. The molecule has 1 fully saturated rings. The van der Waals surface area contributed by atoms with Crippen molar-refractivity contribution in [2.75, 3.05) is 20.8 Å². The summed E-state index contributed by atoms with van der Waals surface area (Å²) in [5.74, 6) is -0.404. The van der Waals surface area contributed by atoms with Gasteiger partial charge < -0.3 is 15.2 Å². The van der Waals surface area contributed by atoms with E-state index in [4.69, 9.17) is 10.5 Å². The Balaban J connectivity index is 0.00000288. The highest BCUT2D eigenvalue weighted by Gasteiger charge is 2.37. The second-order valence-electron chi connectivity index (χ2n) is 5.65. The molecule has 0 amide bonds. The van der Waals surface area contributed by atoms with Crippen molar-refractivity contribution in [2.45, 2.75) is 36.1 Å². The predicted molar refractivity (Wildman–Crippen MR) is 92.2 cm³/mol. The van der Waals surface area contributed by atoms with E-state index in [1.807, 2.05) is 0 Å². The van der Waals surface area contributed by atoms with Crippen LogP contribution in [0.2, 0.25) is 0 Å². The molecule has 24 heavy (non-hydrogen) atoms. The number of hydrogen-bond acceptors (Lipinski definition) is 6. The van der Waals surface area contributed by atoms with Gasteiger partial charge in [0.1, 0.15) is 11.3 Å². The van der Waals surface area contributed by atoms with Crippen LogP contribution in [0.4, 0.5) is 0 Å². The highest BCUT2D eigenvalue weighted by molar-refractivity contribution is 7.89. The Hall–Kier alpha value is -1.35. The van der Waals surface area contributed by atoms with E-state index in [0.29, 0.717) is 12.8 Å².